The highest BCUT2D eigenvalue weighted by atomic mass is 16.5. The summed E-state index contributed by atoms with van der Waals surface area (Å²) in [6.07, 6.45) is 4.49. The van der Waals surface area contributed by atoms with Crippen molar-refractivity contribution in [2.75, 3.05) is 11.9 Å². The van der Waals surface area contributed by atoms with Crippen molar-refractivity contribution in [3.8, 4) is 17.1 Å². The number of aryl methyl sites for hydroxylation is 1. The van der Waals surface area contributed by atoms with Crippen molar-refractivity contribution < 1.29 is 9.53 Å². The Bertz CT molecular complexity index is 1050. The van der Waals surface area contributed by atoms with Gasteiger partial charge in [-0.25, -0.2) is 0 Å². The highest BCUT2D eigenvalue weighted by Gasteiger charge is 2.17. The molecule has 0 saturated heterocycles. The summed E-state index contributed by atoms with van der Waals surface area (Å²) in [4.78, 5) is 12.4. The van der Waals surface area contributed by atoms with E-state index in [-0.39, 0.29) is 17.9 Å². The van der Waals surface area contributed by atoms with Crippen molar-refractivity contribution in [3.05, 3.63) is 59.9 Å². The number of nitrogens with zero attached hydrogens (tertiary/aromatic N) is 3. The number of nitrogens with one attached hydrogen (secondary N) is 1. The molecule has 1 N–H and O–H groups in total. The molecule has 0 bridgehead atoms. The lowest BCUT2D eigenvalue weighted by Gasteiger charge is -2.19. The number of carbonyl (C=O) groups excluding carboxylic acids is 1. The van der Waals surface area contributed by atoms with Crippen LogP contribution in [0, 0.1) is 0 Å². The van der Waals surface area contributed by atoms with Crippen LogP contribution in [0.15, 0.2) is 48.5 Å². The molecule has 6 heteroatoms. The van der Waals surface area contributed by atoms with Gasteiger partial charge in [-0.1, -0.05) is 51.5 Å². The summed E-state index contributed by atoms with van der Waals surface area (Å²) >= 11 is 0. The van der Waals surface area contributed by atoms with E-state index in [1.54, 1.807) is 0 Å². The Morgan fingerprint density at radius 3 is 2.65 bits per heavy atom. The molecular weight excluding hydrogens is 388 g/mol. The lowest BCUT2D eigenvalue weighted by Crippen LogP contribution is -2.20. The number of anilines is 1. The lowest BCUT2D eigenvalue weighted by molar-refractivity contribution is -0.118. The van der Waals surface area contributed by atoms with Gasteiger partial charge in [-0.2, -0.15) is 0 Å². The van der Waals surface area contributed by atoms with Gasteiger partial charge in [-0.15, -0.1) is 10.2 Å². The van der Waals surface area contributed by atoms with Gasteiger partial charge in [0.2, 0.25) is 0 Å². The van der Waals surface area contributed by atoms with Gasteiger partial charge < -0.3 is 14.6 Å². The third-order valence-electron chi connectivity index (χ3n) is 5.60. The number of hydrogen-bond donors (Lipinski definition) is 1. The Labute approximate surface area is 183 Å². The minimum absolute atomic E-state index is 0.0422. The third kappa shape index (κ3) is 5.13. The summed E-state index contributed by atoms with van der Waals surface area (Å²) in [6.45, 7) is 7.40. The summed E-state index contributed by atoms with van der Waals surface area (Å²) in [6, 6.07) is 15.6. The number of aromatic nitrogens is 3. The average Bonchev–Trinajstić information content (AvgIpc) is 3.00. The number of benzene rings is 2. The predicted molar refractivity (Wildman–Crippen MR) is 122 cm³/mol. The van der Waals surface area contributed by atoms with Crippen LogP contribution in [-0.4, -0.2) is 27.3 Å². The summed E-state index contributed by atoms with van der Waals surface area (Å²) in [5, 5.41) is 11.7. The van der Waals surface area contributed by atoms with Crippen LogP contribution in [-0.2, 0) is 23.2 Å². The first-order valence-corrected chi connectivity index (χ1v) is 11.0. The van der Waals surface area contributed by atoms with E-state index in [9.17, 15) is 4.79 Å². The fourth-order valence-electron chi connectivity index (χ4n) is 3.83. The van der Waals surface area contributed by atoms with Crippen LogP contribution in [0.4, 0.5) is 5.69 Å². The maximum atomic E-state index is 12.4. The molecule has 0 atom stereocenters. The van der Waals surface area contributed by atoms with Gasteiger partial charge in [-0.05, 0) is 48.1 Å². The minimum Gasteiger partial charge on any atom is -0.484 e. The topological polar surface area (TPSA) is 69.0 Å². The minimum atomic E-state index is -0.197. The normalized spacial score (nSPS) is 13.9. The summed E-state index contributed by atoms with van der Waals surface area (Å²) < 4.78 is 7.87. The SMILES string of the molecule is CC(C)(C)c1ccc(OCC(=O)Nc2cccc(-c3nnc4n3CCCCC4)c2)cc1. The van der Waals surface area contributed by atoms with E-state index in [0.717, 1.165) is 48.7 Å². The third-order valence-corrected chi connectivity index (χ3v) is 5.60. The van der Waals surface area contributed by atoms with Gasteiger partial charge in [0, 0.05) is 24.2 Å². The second kappa shape index (κ2) is 8.92. The molecule has 1 aliphatic rings. The Kier molecular flexibility index (Phi) is 6.07. The highest BCUT2D eigenvalue weighted by Crippen LogP contribution is 2.26. The molecular formula is C25H30N4O2. The molecule has 1 aromatic heterocycles. The molecule has 0 unspecified atom stereocenters. The first-order chi connectivity index (χ1) is 14.9. The fraction of sp³-hybridized carbons (Fsp3) is 0.400. The molecule has 4 rings (SSSR count). The second-order valence-electron chi connectivity index (χ2n) is 9.09. The van der Waals surface area contributed by atoms with Crippen molar-refractivity contribution in [3.63, 3.8) is 0 Å². The maximum absolute atomic E-state index is 12.4. The number of amides is 1. The van der Waals surface area contributed by atoms with Crippen molar-refractivity contribution in [2.45, 2.75) is 58.4 Å². The van der Waals surface area contributed by atoms with E-state index in [4.69, 9.17) is 4.74 Å². The molecule has 0 saturated carbocycles. The Morgan fingerprint density at radius 2 is 1.87 bits per heavy atom. The molecule has 1 amide bonds. The van der Waals surface area contributed by atoms with Crippen LogP contribution in [0.2, 0.25) is 0 Å². The van der Waals surface area contributed by atoms with Gasteiger partial charge in [0.1, 0.15) is 11.6 Å². The fourth-order valence-corrected chi connectivity index (χ4v) is 3.83. The summed E-state index contributed by atoms with van der Waals surface area (Å²) in [5.41, 5.74) is 2.99. The Hall–Kier alpha value is -3.15. The second-order valence-corrected chi connectivity index (χ2v) is 9.09. The molecule has 0 spiro atoms. The van der Waals surface area contributed by atoms with Crippen molar-refractivity contribution in [1.29, 1.82) is 0 Å². The first kappa shape index (κ1) is 21.1. The van der Waals surface area contributed by atoms with Gasteiger partial charge in [0.15, 0.2) is 12.4 Å². The van der Waals surface area contributed by atoms with Gasteiger partial charge in [0.05, 0.1) is 0 Å². The molecule has 162 valence electrons. The van der Waals surface area contributed by atoms with Crippen LogP contribution < -0.4 is 10.1 Å². The quantitative estimate of drug-likeness (QED) is 0.634. The zero-order chi connectivity index (χ0) is 21.8. The number of carbonyl (C=O) groups is 1. The van der Waals surface area contributed by atoms with Crippen molar-refractivity contribution in [2.24, 2.45) is 0 Å². The first-order valence-electron chi connectivity index (χ1n) is 11.0. The van der Waals surface area contributed by atoms with Crippen LogP contribution in [0.3, 0.4) is 0 Å². The number of fused-ring (bicyclic) bond motifs is 1. The molecule has 1 aliphatic heterocycles. The van der Waals surface area contributed by atoms with Gasteiger partial charge >= 0.3 is 0 Å². The lowest BCUT2D eigenvalue weighted by atomic mass is 9.87. The monoisotopic (exact) mass is 418 g/mol. The molecule has 2 heterocycles. The summed E-state index contributed by atoms with van der Waals surface area (Å²) in [5.74, 6) is 2.40. The standard InChI is InChI=1S/C25H30N4O2/c1-25(2,3)19-11-13-21(14-12-19)31-17-23(30)26-20-9-7-8-18(16-20)24-28-27-22-10-5-4-6-15-29(22)24/h7-9,11-14,16H,4-6,10,15,17H2,1-3H3,(H,26,30). The van der Waals surface area contributed by atoms with Crippen molar-refractivity contribution >= 4 is 11.6 Å². The highest BCUT2D eigenvalue weighted by molar-refractivity contribution is 5.92. The predicted octanol–water partition coefficient (Wildman–Crippen LogP) is 4.99. The average molecular weight is 419 g/mol. The molecule has 0 fully saturated rings. The molecule has 0 aliphatic carbocycles. The van der Waals surface area contributed by atoms with E-state index in [1.807, 2.05) is 48.5 Å². The molecule has 31 heavy (non-hydrogen) atoms. The zero-order valence-corrected chi connectivity index (χ0v) is 18.5. The largest absolute Gasteiger partial charge is 0.484 e. The van der Waals surface area contributed by atoms with E-state index in [0.29, 0.717) is 5.75 Å². The van der Waals surface area contributed by atoms with E-state index < -0.39 is 0 Å². The smallest absolute Gasteiger partial charge is 0.262 e. The summed E-state index contributed by atoms with van der Waals surface area (Å²) in [7, 11) is 0. The van der Waals surface area contributed by atoms with Gasteiger partial charge in [-0.3, -0.25) is 4.79 Å². The van der Waals surface area contributed by atoms with E-state index >= 15 is 0 Å². The van der Waals surface area contributed by atoms with Crippen LogP contribution in [0.25, 0.3) is 11.4 Å². The number of rotatable bonds is 5. The van der Waals surface area contributed by atoms with Crippen molar-refractivity contribution in [1.82, 2.24) is 14.8 Å². The molecule has 3 aromatic rings. The van der Waals surface area contributed by atoms with E-state index in [2.05, 4.69) is 40.9 Å². The number of ether oxygens (including phenoxy) is 1. The maximum Gasteiger partial charge on any atom is 0.262 e. The zero-order valence-electron chi connectivity index (χ0n) is 18.5. The number of hydrogen-bond acceptors (Lipinski definition) is 4. The Balaban J connectivity index is 1.39. The molecule has 0 radical (unpaired) electrons. The van der Waals surface area contributed by atoms with Crippen LogP contribution >= 0.6 is 0 Å². The van der Waals surface area contributed by atoms with Gasteiger partial charge in [0.25, 0.3) is 5.91 Å². The van der Waals surface area contributed by atoms with E-state index in [1.165, 1.54) is 12.0 Å². The van der Waals surface area contributed by atoms with Crippen LogP contribution in [0.5, 0.6) is 5.75 Å². The molecule has 6 nitrogen and oxygen atoms in total. The van der Waals surface area contributed by atoms with Crippen LogP contribution in [0.1, 0.15) is 51.4 Å². The molecule has 2 aromatic carbocycles. The Morgan fingerprint density at radius 1 is 1.06 bits per heavy atom.